The molecule has 0 fully saturated rings. The molecule has 0 aromatic heterocycles. The van der Waals surface area contributed by atoms with Crippen LogP contribution in [0.2, 0.25) is 0 Å². The third kappa shape index (κ3) is 2.94. The molecule has 33 valence electrons. The summed E-state index contributed by atoms with van der Waals surface area (Å²) in [5, 5.41) is 2.58. The predicted octanol–water partition coefficient (Wildman–Crippen LogP) is -1.17. The molecule has 2 N–H and O–H groups in total. The van der Waals surface area contributed by atoms with E-state index in [1.807, 2.05) is 0 Å². The Bertz CT molecular complexity index is 69.9. The first-order valence-corrected chi connectivity index (χ1v) is 1.21. The molecular weight excluding hydrogens is 84.0 g/mol. The standard InChI is InChI=1S/C2H3N2O2/c3-2(6)4-1-5/h1H,(H2,3,6). The van der Waals surface area contributed by atoms with Crippen molar-refractivity contribution in [3.05, 3.63) is 0 Å². The van der Waals surface area contributed by atoms with Gasteiger partial charge in [-0.1, -0.05) is 0 Å². The second-order valence-corrected chi connectivity index (χ2v) is 0.573. The number of rotatable bonds is 1. The SMILES string of the molecule is NC(=O)[N]C=O. The summed E-state index contributed by atoms with van der Waals surface area (Å²) in [5.41, 5.74) is 4.37. The molecule has 0 rings (SSSR count). The molecule has 0 unspecified atom stereocenters. The van der Waals surface area contributed by atoms with E-state index in [-0.39, 0.29) is 6.41 Å². The maximum absolute atomic E-state index is 9.42. The highest BCUT2D eigenvalue weighted by atomic mass is 16.2. The summed E-state index contributed by atoms with van der Waals surface area (Å²) >= 11 is 0. The zero-order chi connectivity index (χ0) is 4.99. The van der Waals surface area contributed by atoms with Crippen LogP contribution in [0.3, 0.4) is 0 Å². The van der Waals surface area contributed by atoms with E-state index in [0.29, 0.717) is 0 Å². The first-order chi connectivity index (χ1) is 2.77. The van der Waals surface area contributed by atoms with Crippen molar-refractivity contribution in [3.8, 4) is 0 Å². The molecule has 4 heteroatoms. The van der Waals surface area contributed by atoms with Crippen molar-refractivity contribution in [2.75, 3.05) is 0 Å². The topological polar surface area (TPSA) is 74.3 Å². The molecule has 3 amide bonds. The molecule has 0 bridgehead atoms. The van der Waals surface area contributed by atoms with E-state index in [0.717, 1.165) is 0 Å². The van der Waals surface area contributed by atoms with E-state index in [9.17, 15) is 4.79 Å². The number of carbonyl (C=O) groups excluding carboxylic acids is 2. The molecule has 0 aromatic carbocycles. The lowest BCUT2D eigenvalue weighted by Gasteiger charge is -1.74. The molecule has 0 aliphatic heterocycles. The lowest BCUT2D eigenvalue weighted by atomic mass is 11.0. The van der Waals surface area contributed by atoms with Crippen molar-refractivity contribution in [2.24, 2.45) is 5.73 Å². The van der Waals surface area contributed by atoms with Gasteiger partial charge < -0.3 is 5.73 Å². The number of hydrogen-bond donors (Lipinski definition) is 1. The Balaban J connectivity index is 3.05. The van der Waals surface area contributed by atoms with Gasteiger partial charge in [0.1, 0.15) is 0 Å². The van der Waals surface area contributed by atoms with Crippen LogP contribution in [0.5, 0.6) is 0 Å². The van der Waals surface area contributed by atoms with Gasteiger partial charge in [0.25, 0.3) is 0 Å². The van der Waals surface area contributed by atoms with Crippen molar-refractivity contribution in [1.82, 2.24) is 5.32 Å². The van der Waals surface area contributed by atoms with Crippen LogP contribution in [0.4, 0.5) is 4.79 Å². The number of nitrogens with zero attached hydrogens (tertiary/aromatic N) is 1. The zero-order valence-corrected chi connectivity index (χ0v) is 2.92. The van der Waals surface area contributed by atoms with Crippen LogP contribution in [-0.2, 0) is 4.79 Å². The Hall–Kier alpha value is -1.06. The fourth-order valence-electron chi connectivity index (χ4n) is 0.0519. The van der Waals surface area contributed by atoms with Crippen LogP contribution in [0.25, 0.3) is 0 Å². The summed E-state index contributed by atoms with van der Waals surface area (Å²) in [6.07, 6.45) is 0.0995. The van der Waals surface area contributed by atoms with E-state index in [2.05, 4.69) is 11.1 Å². The fraction of sp³-hybridized carbons (Fsp3) is 0. The van der Waals surface area contributed by atoms with Crippen molar-refractivity contribution >= 4 is 12.4 Å². The second kappa shape index (κ2) is 2.19. The lowest BCUT2D eigenvalue weighted by Crippen LogP contribution is -2.20. The van der Waals surface area contributed by atoms with Crippen molar-refractivity contribution in [1.29, 1.82) is 0 Å². The Morgan fingerprint density at radius 1 is 1.83 bits per heavy atom. The van der Waals surface area contributed by atoms with Gasteiger partial charge in [-0.3, -0.25) is 4.79 Å². The summed E-state index contributed by atoms with van der Waals surface area (Å²) in [7, 11) is 0. The molecule has 6 heavy (non-hydrogen) atoms. The number of urea groups is 1. The smallest absolute Gasteiger partial charge is 0.341 e. The molecule has 0 saturated carbocycles. The monoisotopic (exact) mass is 87.0 g/mol. The summed E-state index contributed by atoms with van der Waals surface area (Å²) in [4.78, 5) is 18.6. The lowest BCUT2D eigenvalue weighted by molar-refractivity contribution is -0.108. The van der Waals surface area contributed by atoms with Crippen LogP contribution in [0.15, 0.2) is 0 Å². The van der Waals surface area contributed by atoms with Gasteiger partial charge in [-0.2, -0.15) is 5.32 Å². The van der Waals surface area contributed by atoms with E-state index < -0.39 is 6.03 Å². The van der Waals surface area contributed by atoms with E-state index in [1.54, 1.807) is 0 Å². The van der Waals surface area contributed by atoms with Gasteiger partial charge in [-0.25, -0.2) is 4.79 Å². The minimum Gasteiger partial charge on any atom is -0.350 e. The third-order valence-electron chi connectivity index (χ3n) is 0.180. The van der Waals surface area contributed by atoms with E-state index in [1.165, 1.54) is 0 Å². The molecule has 0 heterocycles. The highest BCUT2D eigenvalue weighted by molar-refractivity contribution is 5.82. The Morgan fingerprint density at radius 3 is 2.33 bits per heavy atom. The maximum Gasteiger partial charge on any atom is 0.341 e. The minimum absolute atomic E-state index is 0.0995. The van der Waals surface area contributed by atoms with Gasteiger partial charge >= 0.3 is 6.03 Å². The Kier molecular flexibility index (Phi) is 1.81. The number of carbonyl (C=O) groups is 2. The summed E-state index contributed by atoms with van der Waals surface area (Å²) in [6, 6.07) is -0.954. The number of amides is 3. The fourth-order valence-corrected chi connectivity index (χ4v) is 0.0519. The van der Waals surface area contributed by atoms with Crippen LogP contribution in [0.1, 0.15) is 0 Å². The van der Waals surface area contributed by atoms with E-state index in [4.69, 9.17) is 4.79 Å². The van der Waals surface area contributed by atoms with Gasteiger partial charge in [0.2, 0.25) is 6.41 Å². The van der Waals surface area contributed by atoms with Gasteiger partial charge in [0.05, 0.1) is 0 Å². The number of nitrogens with two attached hydrogens (primary N) is 1. The maximum atomic E-state index is 9.42. The van der Waals surface area contributed by atoms with Crippen molar-refractivity contribution in [2.45, 2.75) is 0 Å². The molecule has 0 atom stereocenters. The largest absolute Gasteiger partial charge is 0.350 e. The minimum atomic E-state index is -0.954. The van der Waals surface area contributed by atoms with Gasteiger partial charge in [0.15, 0.2) is 0 Å². The summed E-state index contributed by atoms with van der Waals surface area (Å²) < 4.78 is 0. The van der Waals surface area contributed by atoms with Crippen LogP contribution in [-0.4, -0.2) is 12.4 Å². The van der Waals surface area contributed by atoms with Gasteiger partial charge in [0, 0.05) is 0 Å². The van der Waals surface area contributed by atoms with Crippen LogP contribution < -0.4 is 11.1 Å². The van der Waals surface area contributed by atoms with Gasteiger partial charge in [-0.05, 0) is 0 Å². The van der Waals surface area contributed by atoms with Crippen molar-refractivity contribution in [3.63, 3.8) is 0 Å². The average molecular weight is 87.1 g/mol. The van der Waals surface area contributed by atoms with Gasteiger partial charge in [-0.15, -0.1) is 0 Å². The molecule has 4 nitrogen and oxygen atoms in total. The highest BCUT2D eigenvalue weighted by Crippen LogP contribution is 1.46. The molecule has 0 saturated heterocycles. The van der Waals surface area contributed by atoms with Crippen molar-refractivity contribution < 1.29 is 9.59 Å². The molecule has 1 radical (unpaired) electrons. The van der Waals surface area contributed by atoms with E-state index >= 15 is 0 Å². The Morgan fingerprint density at radius 2 is 2.33 bits per heavy atom. The zero-order valence-electron chi connectivity index (χ0n) is 2.92. The Labute approximate surface area is 34.3 Å². The molecule has 0 aliphatic carbocycles. The predicted molar refractivity (Wildman–Crippen MR) is 17.8 cm³/mol. The first-order valence-electron chi connectivity index (χ1n) is 1.21. The quantitative estimate of drug-likeness (QED) is 0.409. The molecular formula is C2H3N2O2. The molecule has 0 aromatic rings. The number of imide groups is 1. The first kappa shape index (κ1) is 4.94. The summed E-state index contributed by atoms with van der Waals surface area (Å²) in [5.74, 6) is 0. The highest BCUT2D eigenvalue weighted by Gasteiger charge is 1.84. The third-order valence-corrected chi connectivity index (χ3v) is 0.180. The molecule has 0 spiro atoms. The number of primary amides is 1. The second-order valence-electron chi connectivity index (χ2n) is 0.573. The van der Waals surface area contributed by atoms with Crippen LogP contribution >= 0.6 is 0 Å². The van der Waals surface area contributed by atoms with Crippen LogP contribution in [0, 0.1) is 0 Å². The average Bonchev–Trinajstić information content (AvgIpc) is 1.35. The molecule has 0 aliphatic rings. The number of hydrogen-bond acceptors (Lipinski definition) is 2. The normalized spacial score (nSPS) is 6.67. The summed E-state index contributed by atoms with van der Waals surface area (Å²) in [6.45, 7) is 0.